The van der Waals surface area contributed by atoms with Crippen LogP contribution in [0.5, 0.6) is 11.5 Å². The highest BCUT2D eigenvalue weighted by molar-refractivity contribution is 5.87. The molecule has 0 aliphatic carbocycles. The van der Waals surface area contributed by atoms with Crippen LogP contribution in [-0.2, 0) is 0 Å². The second-order valence-electron chi connectivity index (χ2n) is 8.91. The molecule has 9 nitrogen and oxygen atoms in total. The van der Waals surface area contributed by atoms with E-state index < -0.39 is 5.82 Å². The minimum atomic E-state index is -0.422. The Kier molecular flexibility index (Phi) is 5.86. The Morgan fingerprint density at radius 3 is 2.94 bits per heavy atom. The SMILES string of the molecule is Cc1c(Oc2ccn3ncnc3c2)ccc(Nc2ncnc3ccc([C@@H]4CCCNCC4)nc23)c1F. The number of benzene rings is 1. The average molecular weight is 485 g/mol. The first-order valence-corrected chi connectivity index (χ1v) is 12.0. The van der Waals surface area contributed by atoms with Crippen molar-refractivity contribution in [1.82, 2.24) is 34.9 Å². The van der Waals surface area contributed by atoms with Gasteiger partial charge >= 0.3 is 0 Å². The van der Waals surface area contributed by atoms with Gasteiger partial charge in [0.1, 0.15) is 29.7 Å². The molecule has 0 spiro atoms. The Bertz CT molecular complexity index is 1540. The summed E-state index contributed by atoms with van der Waals surface area (Å²) in [6.07, 6.45) is 7.91. The van der Waals surface area contributed by atoms with E-state index in [9.17, 15) is 0 Å². The van der Waals surface area contributed by atoms with Crippen LogP contribution in [0, 0.1) is 12.7 Å². The molecule has 1 saturated heterocycles. The number of nitrogens with zero attached hydrogens (tertiary/aromatic N) is 6. The number of pyridine rings is 2. The van der Waals surface area contributed by atoms with Gasteiger partial charge in [-0.2, -0.15) is 5.10 Å². The molecule has 0 saturated carbocycles. The quantitative estimate of drug-likeness (QED) is 0.363. The first-order valence-electron chi connectivity index (χ1n) is 12.0. The number of aromatic nitrogens is 6. The molecule has 0 bridgehead atoms. The van der Waals surface area contributed by atoms with E-state index in [4.69, 9.17) is 9.72 Å². The fourth-order valence-electron chi connectivity index (χ4n) is 4.58. The highest BCUT2D eigenvalue weighted by atomic mass is 19.1. The third-order valence-corrected chi connectivity index (χ3v) is 6.57. The van der Waals surface area contributed by atoms with E-state index in [2.05, 4.69) is 30.7 Å². The summed E-state index contributed by atoms with van der Waals surface area (Å²) < 4.78 is 23.0. The normalized spacial score (nSPS) is 16.2. The fourth-order valence-corrected chi connectivity index (χ4v) is 4.58. The number of ether oxygens (including phenoxy) is 1. The molecular formula is C26H25FN8O. The predicted molar refractivity (Wildman–Crippen MR) is 134 cm³/mol. The topological polar surface area (TPSA) is 102 Å². The lowest BCUT2D eigenvalue weighted by molar-refractivity contribution is 0.471. The summed E-state index contributed by atoms with van der Waals surface area (Å²) >= 11 is 0. The van der Waals surface area contributed by atoms with Gasteiger partial charge in [0.25, 0.3) is 0 Å². The largest absolute Gasteiger partial charge is 0.457 e. The van der Waals surface area contributed by atoms with Crippen LogP contribution in [0.15, 0.2) is 55.2 Å². The third-order valence-electron chi connectivity index (χ3n) is 6.57. The summed E-state index contributed by atoms with van der Waals surface area (Å²) in [5.41, 5.74) is 3.67. The minimum Gasteiger partial charge on any atom is -0.457 e. The van der Waals surface area contributed by atoms with Gasteiger partial charge in [-0.3, -0.25) is 0 Å². The van der Waals surface area contributed by atoms with Crippen LogP contribution in [0.3, 0.4) is 0 Å². The molecule has 6 rings (SSSR count). The highest BCUT2D eigenvalue weighted by Gasteiger charge is 2.18. The van der Waals surface area contributed by atoms with Crippen molar-refractivity contribution < 1.29 is 9.13 Å². The van der Waals surface area contributed by atoms with Crippen molar-refractivity contribution in [3.8, 4) is 11.5 Å². The molecule has 4 aromatic heterocycles. The lowest BCUT2D eigenvalue weighted by atomic mass is 9.96. The van der Waals surface area contributed by atoms with Crippen molar-refractivity contribution in [1.29, 1.82) is 0 Å². The molecule has 2 N–H and O–H groups in total. The van der Waals surface area contributed by atoms with E-state index in [1.807, 2.05) is 12.1 Å². The average Bonchev–Trinajstić information content (AvgIpc) is 3.20. The maximum Gasteiger partial charge on any atom is 0.160 e. The second kappa shape index (κ2) is 9.46. The zero-order valence-corrected chi connectivity index (χ0v) is 19.8. The Morgan fingerprint density at radius 2 is 2.00 bits per heavy atom. The minimum absolute atomic E-state index is 0.290. The van der Waals surface area contributed by atoms with Crippen molar-refractivity contribution in [2.45, 2.75) is 32.1 Å². The summed E-state index contributed by atoms with van der Waals surface area (Å²) in [4.78, 5) is 17.8. The predicted octanol–water partition coefficient (Wildman–Crippen LogP) is 4.91. The molecule has 1 aliphatic heterocycles. The van der Waals surface area contributed by atoms with Gasteiger partial charge in [0.15, 0.2) is 17.3 Å². The first kappa shape index (κ1) is 22.3. The summed E-state index contributed by atoms with van der Waals surface area (Å²) in [6, 6.07) is 10.9. The number of halogens is 1. The van der Waals surface area contributed by atoms with Gasteiger partial charge in [-0.25, -0.2) is 28.8 Å². The van der Waals surface area contributed by atoms with Gasteiger partial charge in [0.2, 0.25) is 0 Å². The van der Waals surface area contributed by atoms with Crippen LogP contribution in [0.2, 0.25) is 0 Å². The van der Waals surface area contributed by atoms with E-state index in [1.165, 1.54) is 12.7 Å². The zero-order chi connectivity index (χ0) is 24.5. The maximum absolute atomic E-state index is 15.4. The molecule has 1 aromatic carbocycles. The molecule has 5 heterocycles. The van der Waals surface area contributed by atoms with Crippen LogP contribution in [0.4, 0.5) is 15.9 Å². The number of hydrogen-bond donors (Lipinski definition) is 2. The molecule has 36 heavy (non-hydrogen) atoms. The number of anilines is 2. The van der Waals surface area contributed by atoms with E-state index in [-0.39, 0.29) is 0 Å². The van der Waals surface area contributed by atoms with Crippen LogP contribution in [0.1, 0.15) is 36.4 Å². The zero-order valence-electron chi connectivity index (χ0n) is 19.8. The molecule has 1 aliphatic rings. The van der Waals surface area contributed by atoms with Gasteiger partial charge in [0.05, 0.1) is 11.2 Å². The molecule has 10 heteroatoms. The van der Waals surface area contributed by atoms with Crippen molar-refractivity contribution in [3.63, 3.8) is 0 Å². The van der Waals surface area contributed by atoms with Crippen molar-refractivity contribution in [3.05, 3.63) is 72.3 Å². The molecule has 182 valence electrons. The smallest absolute Gasteiger partial charge is 0.160 e. The first-order chi connectivity index (χ1) is 17.7. The van der Waals surface area contributed by atoms with E-state index >= 15 is 4.39 Å². The number of rotatable bonds is 5. The number of fused-ring (bicyclic) bond motifs is 2. The highest BCUT2D eigenvalue weighted by Crippen LogP contribution is 2.33. The molecule has 0 amide bonds. The summed E-state index contributed by atoms with van der Waals surface area (Å²) in [6.45, 7) is 3.69. The molecule has 0 unspecified atom stereocenters. The Morgan fingerprint density at radius 1 is 1.06 bits per heavy atom. The monoisotopic (exact) mass is 484 g/mol. The third kappa shape index (κ3) is 4.31. The molecular weight excluding hydrogens is 459 g/mol. The fraction of sp³-hybridized carbons (Fsp3) is 0.269. The number of nitrogens with one attached hydrogen (secondary N) is 2. The van der Waals surface area contributed by atoms with E-state index in [1.54, 1.807) is 41.9 Å². The van der Waals surface area contributed by atoms with Crippen molar-refractivity contribution in [2.24, 2.45) is 0 Å². The molecule has 0 radical (unpaired) electrons. The summed E-state index contributed by atoms with van der Waals surface area (Å²) in [7, 11) is 0. The van der Waals surface area contributed by atoms with Gasteiger partial charge < -0.3 is 15.4 Å². The summed E-state index contributed by atoms with van der Waals surface area (Å²) in [5, 5.41) is 10.6. The van der Waals surface area contributed by atoms with Crippen LogP contribution in [0.25, 0.3) is 16.7 Å². The molecule has 1 fully saturated rings. The van der Waals surface area contributed by atoms with Crippen molar-refractivity contribution >= 4 is 28.2 Å². The maximum atomic E-state index is 15.4. The Hall–Kier alpha value is -4.18. The Balaban J connectivity index is 1.28. The molecule has 5 aromatic rings. The van der Waals surface area contributed by atoms with Gasteiger partial charge in [-0.05, 0) is 69.6 Å². The standard InChI is InChI=1S/C26H25FN8O/c1-16-22(36-18-9-12-35-23(13-18)30-15-32-35)7-6-20(24(16)27)34-26-25-21(29-14-31-26)5-4-19(33-25)17-3-2-10-28-11-8-17/h4-7,9,12-15,17,28H,2-3,8,10-11H2,1H3,(H,29,31,34)/t17-/m1/s1. The van der Waals surface area contributed by atoms with E-state index in [0.29, 0.717) is 51.2 Å². The summed E-state index contributed by atoms with van der Waals surface area (Å²) in [5.74, 6) is 1.39. The second-order valence-corrected chi connectivity index (χ2v) is 8.91. The lowest BCUT2D eigenvalue weighted by Crippen LogP contribution is -2.14. The number of hydrogen-bond acceptors (Lipinski definition) is 8. The van der Waals surface area contributed by atoms with Gasteiger partial charge in [-0.15, -0.1) is 0 Å². The Labute approximate surface area is 206 Å². The van der Waals surface area contributed by atoms with Gasteiger partial charge in [0, 0.05) is 29.4 Å². The van der Waals surface area contributed by atoms with Crippen molar-refractivity contribution in [2.75, 3.05) is 18.4 Å². The van der Waals surface area contributed by atoms with Gasteiger partial charge in [-0.1, -0.05) is 0 Å². The molecule has 1 atom stereocenters. The van der Waals surface area contributed by atoms with E-state index in [0.717, 1.165) is 38.0 Å². The van der Waals surface area contributed by atoms with Crippen LogP contribution in [-0.4, -0.2) is 42.6 Å². The lowest BCUT2D eigenvalue weighted by Gasteiger charge is -2.16. The van der Waals surface area contributed by atoms with Crippen LogP contribution >= 0.6 is 0 Å². The van der Waals surface area contributed by atoms with Crippen LogP contribution < -0.4 is 15.4 Å².